The fourth-order valence-electron chi connectivity index (χ4n) is 3.08. The van der Waals surface area contributed by atoms with E-state index in [0.717, 1.165) is 12.1 Å². The van der Waals surface area contributed by atoms with Gasteiger partial charge in [0.05, 0.1) is 0 Å². The Hall–Kier alpha value is -1.15. The highest BCUT2D eigenvalue weighted by Crippen LogP contribution is 2.27. The molecule has 1 nitrogen and oxygen atoms in total. The largest absolute Gasteiger partial charge is 0.310 e. The van der Waals surface area contributed by atoms with Crippen molar-refractivity contribution in [3.05, 3.63) is 47.3 Å². The molecule has 0 saturated heterocycles. The highest BCUT2D eigenvalue weighted by atomic mass is 19.1. The van der Waals surface area contributed by atoms with E-state index >= 15 is 0 Å². The van der Waals surface area contributed by atoms with Gasteiger partial charge in [0.15, 0.2) is 0 Å². The molecule has 1 aromatic rings. The van der Waals surface area contributed by atoms with Crippen molar-refractivity contribution in [3.63, 3.8) is 0 Å². The Morgan fingerprint density at radius 1 is 1.42 bits per heavy atom. The minimum Gasteiger partial charge on any atom is -0.310 e. The maximum atomic E-state index is 13.2. The molecule has 1 aromatic carbocycles. The molecular formula is C17H24FN. The van der Waals surface area contributed by atoms with Gasteiger partial charge in [-0.2, -0.15) is 0 Å². The molecule has 0 fully saturated rings. The van der Waals surface area contributed by atoms with E-state index in [9.17, 15) is 4.39 Å². The number of hydrogen-bond acceptors (Lipinski definition) is 1. The van der Waals surface area contributed by atoms with Crippen molar-refractivity contribution < 1.29 is 4.39 Å². The summed E-state index contributed by atoms with van der Waals surface area (Å²) in [4.78, 5) is 0. The maximum Gasteiger partial charge on any atom is 0.123 e. The Morgan fingerprint density at radius 3 is 2.89 bits per heavy atom. The molecular weight excluding hydrogens is 237 g/mol. The molecule has 0 amide bonds. The predicted molar refractivity (Wildman–Crippen MR) is 78.5 cm³/mol. The summed E-state index contributed by atoms with van der Waals surface area (Å²) in [6.45, 7) is 7.61. The molecule has 19 heavy (non-hydrogen) atoms. The van der Waals surface area contributed by atoms with Crippen LogP contribution in [0.3, 0.4) is 0 Å². The van der Waals surface area contributed by atoms with E-state index < -0.39 is 0 Å². The minimum absolute atomic E-state index is 0.156. The van der Waals surface area contributed by atoms with Gasteiger partial charge >= 0.3 is 0 Å². The number of hydrogen-bond donors (Lipinski definition) is 1. The van der Waals surface area contributed by atoms with Gasteiger partial charge in [0.25, 0.3) is 0 Å². The first-order valence-corrected chi connectivity index (χ1v) is 7.20. The molecule has 1 aliphatic rings. The SMILES string of the molecule is CC1=CC(C)CC(CNC(C)c2cccc(F)c2)C1. The lowest BCUT2D eigenvalue weighted by molar-refractivity contribution is 0.366. The van der Waals surface area contributed by atoms with Gasteiger partial charge in [0, 0.05) is 6.04 Å². The summed E-state index contributed by atoms with van der Waals surface area (Å²) in [6.07, 6.45) is 4.82. The summed E-state index contributed by atoms with van der Waals surface area (Å²) in [5.41, 5.74) is 2.53. The number of benzene rings is 1. The van der Waals surface area contributed by atoms with Gasteiger partial charge in [0.1, 0.15) is 5.82 Å². The lowest BCUT2D eigenvalue weighted by atomic mass is 9.83. The van der Waals surface area contributed by atoms with E-state index in [-0.39, 0.29) is 11.9 Å². The van der Waals surface area contributed by atoms with E-state index in [4.69, 9.17) is 0 Å². The van der Waals surface area contributed by atoms with Crippen molar-refractivity contribution in [1.82, 2.24) is 5.32 Å². The second-order valence-corrected chi connectivity index (χ2v) is 5.98. The molecule has 0 aliphatic heterocycles. The summed E-state index contributed by atoms with van der Waals surface area (Å²) in [5.74, 6) is 1.23. The Morgan fingerprint density at radius 2 is 2.21 bits per heavy atom. The van der Waals surface area contributed by atoms with E-state index in [0.29, 0.717) is 11.8 Å². The third-order valence-electron chi connectivity index (χ3n) is 3.95. The van der Waals surface area contributed by atoms with Crippen molar-refractivity contribution in [1.29, 1.82) is 0 Å². The number of rotatable bonds is 4. The van der Waals surface area contributed by atoms with Gasteiger partial charge in [-0.05, 0) is 62.8 Å². The van der Waals surface area contributed by atoms with Crippen molar-refractivity contribution in [3.8, 4) is 0 Å². The van der Waals surface area contributed by atoms with Crippen LogP contribution in [0.1, 0.15) is 45.2 Å². The third kappa shape index (κ3) is 4.17. The lowest BCUT2D eigenvalue weighted by Gasteiger charge is -2.27. The Kier molecular flexibility index (Phi) is 4.76. The van der Waals surface area contributed by atoms with Crippen LogP contribution in [0.5, 0.6) is 0 Å². The fraction of sp³-hybridized carbons (Fsp3) is 0.529. The number of halogens is 1. The quantitative estimate of drug-likeness (QED) is 0.789. The molecule has 0 radical (unpaired) electrons. The van der Waals surface area contributed by atoms with Crippen LogP contribution in [0.25, 0.3) is 0 Å². The zero-order valence-corrected chi connectivity index (χ0v) is 12.1. The topological polar surface area (TPSA) is 12.0 Å². The first-order valence-electron chi connectivity index (χ1n) is 7.20. The van der Waals surface area contributed by atoms with Gasteiger partial charge in [-0.1, -0.05) is 30.7 Å². The van der Waals surface area contributed by atoms with E-state index in [1.807, 2.05) is 6.07 Å². The highest BCUT2D eigenvalue weighted by Gasteiger charge is 2.18. The number of allylic oxidation sites excluding steroid dienone is 2. The normalized spacial score (nSPS) is 24.9. The van der Waals surface area contributed by atoms with Gasteiger partial charge < -0.3 is 5.32 Å². The Labute approximate surface area is 115 Å². The van der Waals surface area contributed by atoms with E-state index in [1.54, 1.807) is 12.1 Å². The standard InChI is InChI=1S/C17H24FN/c1-12-7-13(2)9-15(8-12)11-19-14(3)16-5-4-6-17(18)10-16/h4-7,10,12,14-15,19H,8-9,11H2,1-3H3. The molecule has 0 saturated carbocycles. The molecule has 104 valence electrons. The number of nitrogens with one attached hydrogen (secondary N) is 1. The molecule has 2 heteroatoms. The van der Waals surface area contributed by atoms with Crippen LogP contribution >= 0.6 is 0 Å². The van der Waals surface area contributed by atoms with Gasteiger partial charge in [-0.25, -0.2) is 4.39 Å². The monoisotopic (exact) mass is 261 g/mol. The minimum atomic E-state index is -0.156. The first kappa shape index (κ1) is 14.3. The summed E-state index contributed by atoms with van der Waals surface area (Å²) < 4.78 is 13.2. The molecule has 1 N–H and O–H groups in total. The van der Waals surface area contributed by atoms with Crippen LogP contribution < -0.4 is 5.32 Å². The van der Waals surface area contributed by atoms with Crippen molar-refractivity contribution in [2.75, 3.05) is 6.54 Å². The van der Waals surface area contributed by atoms with Gasteiger partial charge in [-0.3, -0.25) is 0 Å². The lowest BCUT2D eigenvalue weighted by Crippen LogP contribution is -2.28. The second kappa shape index (κ2) is 6.33. The average molecular weight is 261 g/mol. The van der Waals surface area contributed by atoms with Crippen molar-refractivity contribution in [2.24, 2.45) is 11.8 Å². The predicted octanol–water partition coefficient (Wildman–Crippen LogP) is 4.47. The van der Waals surface area contributed by atoms with Crippen LogP contribution in [0.4, 0.5) is 4.39 Å². The summed E-state index contributed by atoms with van der Waals surface area (Å²) in [5, 5.41) is 3.54. The molecule has 0 bridgehead atoms. The van der Waals surface area contributed by atoms with Crippen LogP contribution in [-0.4, -0.2) is 6.54 Å². The van der Waals surface area contributed by atoms with E-state index in [2.05, 4.69) is 32.2 Å². The van der Waals surface area contributed by atoms with Crippen molar-refractivity contribution in [2.45, 2.75) is 39.7 Å². The second-order valence-electron chi connectivity index (χ2n) is 5.98. The molecule has 3 unspecified atom stereocenters. The zero-order valence-electron chi connectivity index (χ0n) is 12.1. The Bertz CT molecular complexity index is 452. The highest BCUT2D eigenvalue weighted by molar-refractivity contribution is 5.19. The van der Waals surface area contributed by atoms with Gasteiger partial charge in [0.2, 0.25) is 0 Å². The molecule has 0 spiro atoms. The van der Waals surface area contributed by atoms with Crippen LogP contribution in [0.15, 0.2) is 35.9 Å². The molecule has 3 atom stereocenters. The smallest absolute Gasteiger partial charge is 0.123 e. The van der Waals surface area contributed by atoms with E-state index in [1.165, 1.54) is 24.5 Å². The van der Waals surface area contributed by atoms with Gasteiger partial charge in [-0.15, -0.1) is 0 Å². The summed E-state index contributed by atoms with van der Waals surface area (Å²) in [7, 11) is 0. The molecule has 0 heterocycles. The summed E-state index contributed by atoms with van der Waals surface area (Å²) in [6, 6.07) is 7.07. The molecule has 0 aromatic heterocycles. The fourth-order valence-corrected chi connectivity index (χ4v) is 3.08. The first-order chi connectivity index (χ1) is 9.04. The summed E-state index contributed by atoms with van der Waals surface area (Å²) >= 11 is 0. The van der Waals surface area contributed by atoms with Crippen LogP contribution in [-0.2, 0) is 0 Å². The zero-order chi connectivity index (χ0) is 13.8. The van der Waals surface area contributed by atoms with Crippen LogP contribution in [0.2, 0.25) is 0 Å². The van der Waals surface area contributed by atoms with Crippen molar-refractivity contribution >= 4 is 0 Å². The average Bonchev–Trinajstić information content (AvgIpc) is 2.35. The Balaban J connectivity index is 1.87. The van der Waals surface area contributed by atoms with Crippen LogP contribution in [0, 0.1) is 17.7 Å². The molecule has 2 rings (SSSR count). The molecule has 1 aliphatic carbocycles. The maximum absolute atomic E-state index is 13.2. The third-order valence-corrected chi connectivity index (χ3v) is 3.95.